The first kappa shape index (κ1) is 15.9. The molecule has 1 unspecified atom stereocenters. The van der Waals surface area contributed by atoms with Crippen LogP contribution in [-0.4, -0.2) is 48.8 Å². The molecule has 1 heterocycles. The van der Waals surface area contributed by atoms with Gasteiger partial charge in [0.1, 0.15) is 6.29 Å². The quantitative estimate of drug-likeness (QED) is 0.760. The zero-order valence-corrected chi connectivity index (χ0v) is 12.5. The number of carbonyl (C=O) groups excluding carboxylic acids is 3. The highest BCUT2D eigenvalue weighted by Gasteiger charge is 2.22. The van der Waals surface area contributed by atoms with Gasteiger partial charge < -0.3 is 10.1 Å². The van der Waals surface area contributed by atoms with Crippen molar-refractivity contribution < 1.29 is 14.4 Å². The molecule has 2 rings (SSSR count). The molecule has 118 valence electrons. The van der Waals surface area contributed by atoms with Crippen LogP contribution in [0.1, 0.15) is 44.9 Å². The SMILES string of the molecule is O=CC1CCCN(CC(=O)NC(=O)NC2CCCCC2)C1. The summed E-state index contributed by atoms with van der Waals surface area (Å²) in [6, 6.07) is -0.197. The molecule has 2 N–H and O–H groups in total. The second-order valence-corrected chi connectivity index (χ2v) is 6.13. The van der Waals surface area contributed by atoms with Crippen LogP contribution in [0.4, 0.5) is 4.79 Å². The molecule has 0 aromatic rings. The van der Waals surface area contributed by atoms with Gasteiger partial charge in [-0.25, -0.2) is 4.79 Å². The van der Waals surface area contributed by atoms with Gasteiger partial charge in [0.05, 0.1) is 6.54 Å². The molecule has 2 aliphatic rings. The van der Waals surface area contributed by atoms with Crippen LogP contribution in [-0.2, 0) is 9.59 Å². The summed E-state index contributed by atoms with van der Waals surface area (Å²) in [5.41, 5.74) is 0. The minimum atomic E-state index is -0.393. The van der Waals surface area contributed by atoms with E-state index in [9.17, 15) is 14.4 Å². The third-order valence-corrected chi connectivity index (χ3v) is 4.29. The number of piperidine rings is 1. The molecule has 0 spiro atoms. The Morgan fingerprint density at radius 1 is 1.10 bits per heavy atom. The van der Waals surface area contributed by atoms with E-state index in [2.05, 4.69) is 10.6 Å². The van der Waals surface area contributed by atoms with Crippen LogP contribution < -0.4 is 10.6 Å². The number of carbonyl (C=O) groups is 3. The van der Waals surface area contributed by atoms with Crippen molar-refractivity contribution in [2.75, 3.05) is 19.6 Å². The summed E-state index contributed by atoms with van der Waals surface area (Å²) in [5.74, 6) is -0.280. The van der Waals surface area contributed by atoms with Crippen LogP contribution in [0, 0.1) is 5.92 Å². The van der Waals surface area contributed by atoms with E-state index in [0.717, 1.165) is 51.4 Å². The Morgan fingerprint density at radius 2 is 1.86 bits per heavy atom. The van der Waals surface area contributed by atoms with Crippen molar-refractivity contribution in [2.24, 2.45) is 5.92 Å². The van der Waals surface area contributed by atoms with Crippen LogP contribution in [0.3, 0.4) is 0 Å². The number of nitrogens with one attached hydrogen (secondary N) is 2. The van der Waals surface area contributed by atoms with Gasteiger partial charge in [-0.2, -0.15) is 0 Å². The molecule has 1 atom stereocenters. The molecule has 0 aromatic carbocycles. The van der Waals surface area contributed by atoms with E-state index < -0.39 is 6.03 Å². The highest BCUT2D eigenvalue weighted by atomic mass is 16.2. The summed E-state index contributed by atoms with van der Waals surface area (Å²) in [4.78, 5) is 36.4. The normalized spacial score (nSPS) is 24.3. The molecule has 1 aliphatic carbocycles. The Kier molecular flexibility index (Phi) is 6.17. The zero-order valence-electron chi connectivity index (χ0n) is 12.5. The van der Waals surface area contributed by atoms with E-state index in [1.807, 2.05) is 4.90 Å². The van der Waals surface area contributed by atoms with Gasteiger partial charge >= 0.3 is 6.03 Å². The van der Waals surface area contributed by atoms with Crippen molar-refractivity contribution in [3.8, 4) is 0 Å². The largest absolute Gasteiger partial charge is 0.335 e. The smallest absolute Gasteiger partial charge is 0.321 e. The minimum Gasteiger partial charge on any atom is -0.335 e. The average Bonchev–Trinajstić information content (AvgIpc) is 2.48. The van der Waals surface area contributed by atoms with E-state index in [0.29, 0.717) is 6.54 Å². The zero-order chi connectivity index (χ0) is 15.1. The van der Waals surface area contributed by atoms with Crippen molar-refractivity contribution in [1.29, 1.82) is 0 Å². The van der Waals surface area contributed by atoms with Gasteiger partial charge in [-0.1, -0.05) is 19.3 Å². The number of rotatable bonds is 4. The molecule has 1 saturated carbocycles. The molecule has 2 fully saturated rings. The Morgan fingerprint density at radius 3 is 2.57 bits per heavy atom. The molecule has 21 heavy (non-hydrogen) atoms. The summed E-state index contributed by atoms with van der Waals surface area (Å²) in [7, 11) is 0. The molecule has 0 bridgehead atoms. The first-order valence-electron chi connectivity index (χ1n) is 7.95. The second kappa shape index (κ2) is 8.12. The lowest BCUT2D eigenvalue weighted by molar-refractivity contribution is -0.122. The van der Waals surface area contributed by atoms with Crippen LogP contribution in [0.25, 0.3) is 0 Å². The molecule has 0 radical (unpaired) electrons. The van der Waals surface area contributed by atoms with E-state index in [1.54, 1.807) is 0 Å². The average molecular weight is 295 g/mol. The summed E-state index contributed by atoms with van der Waals surface area (Å²) in [5, 5.41) is 5.25. The maximum absolute atomic E-state index is 11.9. The summed E-state index contributed by atoms with van der Waals surface area (Å²) < 4.78 is 0. The van der Waals surface area contributed by atoms with Crippen molar-refractivity contribution in [2.45, 2.75) is 51.0 Å². The first-order chi connectivity index (χ1) is 10.2. The maximum Gasteiger partial charge on any atom is 0.321 e. The van der Waals surface area contributed by atoms with Crippen molar-refractivity contribution in [3.05, 3.63) is 0 Å². The number of hydrogen-bond acceptors (Lipinski definition) is 4. The molecular weight excluding hydrogens is 270 g/mol. The predicted octanol–water partition coefficient (Wildman–Crippen LogP) is 1.06. The number of amides is 3. The third-order valence-electron chi connectivity index (χ3n) is 4.29. The molecule has 1 aliphatic heterocycles. The highest BCUT2D eigenvalue weighted by Crippen LogP contribution is 2.17. The van der Waals surface area contributed by atoms with E-state index in [4.69, 9.17) is 0 Å². The van der Waals surface area contributed by atoms with Crippen molar-refractivity contribution in [1.82, 2.24) is 15.5 Å². The Balaban J connectivity index is 1.68. The fraction of sp³-hybridized carbons (Fsp3) is 0.800. The van der Waals surface area contributed by atoms with E-state index in [1.165, 1.54) is 6.42 Å². The van der Waals surface area contributed by atoms with Crippen LogP contribution in [0.15, 0.2) is 0 Å². The third kappa shape index (κ3) is 5.46. The number of imide groups is 1. The molecule has 6 nitrogen and oxygen atoms in total. The Bertz CT molecular complexity index is 380. The number of hydrogen-bond donors (Lipinski definition) is 2. The summed E-state index contributed by atoms with van der Waals surface area (Å²) >= 11 is 0. The molecule has 0 aromatic heterocycles. The number of nitrogens with zero attached hydrogens (tertiary/aromatic N) is 1. The topological polar surface area (TPSA) is 78.5 Å². The molecular formula is C15H25N3O3. The van der Waals surface area contributed by atoms with Gasteiger partial charge in [0, 0.05) is 18.5 Å². The van der Waals surface area contributed by atoms with Crippen LogP contribution in [0.2, 0.25) is 0 Å². The van der Waals surface area contributed by atoms with Gasteiger partial charge in [0.2, 0.25) is 5.91 Å². The number of urea groups is 1. The Hall–Kier alpha value is -1.43. The van der Waals surface area contributed by atoms with E-state index >= 15 is 0 Å². The summed E-state index contributed by atoms with van der Waals surface area (Å²) in [6.07, 6.45) is 8.27. The van der Waals surface area contributed by atoms with Crippen molar-refractivity contribution >= 4 is 18.2 Å². The Labute approximate surface area is 125 Å². The molecule has 1 saturated heterocycles. The van der Waals surface area contributed by atoms with Crippen molar-refractivity contribution in [3.63, 3.8) is 0 Å². The van der Waals surface area contributed by atoms with Gasteiger partial charge in [-0.3, -0.25) is 15.0 Å². The highest BCUT2D eigenvalue weighted by molar-refractivity contribution is 5.95. The lowest BCUT2D eigenvalue weighted by Gasteiger charge is -2.29. The van der Waals surface area contributed by atoms with E-state index in [-0.39, 0.29) is 24.4 Å². The monoisotopic (exact) mass is 295 g/mol. The number of aldehydes is 1. The first-order valence-corrected chi connectivity index (χ1v) is 7.95. The standard InChI is InChI=1S/C15H25N3O3/c19-11-12-5-4-8-18(9-12)10-14(20)17-15(21)16-13-6-2-1-3-7-13/h11-13H,1-10H2,(H2,16,17,20,21). The van der Waals surface area contributed by atoms with Gasteiger partial charge in [-0.15, -0.1) is 0 Å². The fourth-order valence-corrected chi connectivity index (χ4v) is 3.18. The maximum atomic E-state index is 11.9. The molecule has 3 amide bonds. The second-order valence-electron chi connectivity index (χ2n) is 6.13. The number of likely N-dealkylation sites (tertiary alicyclic amines) is 1. The lowest BCUT2D eigenvalue weighted by Crippen LogP contribution is -2.49. The van der Waals surface area contributed by atoms with Crippen LogP contribution in [0.5, 0.6) is 0 Å². The lowest BCUT2D eigenvalue weighted by atomic mass is 9.96. The fourth-order valence-electron chi connectivity index (χ4n) is 3.18. The summed E-state index contributed by atoms with van der Waals surface area (Å²) in [6.45, 7) is 1.60. The van der Waals surface area contributed by atoms with Crippen LogP contribution >= 0.6 is 0 Å². The predicted molar refractivity (Wildman–Crippen MR) is 78.8 cm³/mol. The van der Waals surface area contributed by atoms with Gasteiger partial charge in [0.25, 0.3) is 0 Å². The molecule has 6 heteroatoms. The van der Waals surface area contributed by atoms with Gasteiger partial charge in [-0.05, 0) is 32.2 Å². The van der Waals surface area contributed by atoms with Gasteiger partial charge in [0.15, 0.2) is 0 Å². The minimum absolute atomic E-state index is 0.0163.